The van der Waals surface area contributed by atoms with Gasteiger partial charge in [0, 0.05) is 16.8 Å². The Hall–Kier alpha value is -3.76. The number of nitrogens with two attached hydrogens (primary N) is 1. The van der Waals surface area contributed by atoms with Gasteiger partial charge in [0.25, 0.3) is 5.91 Å². The lowest BCUT2D eigenvalue weighted by atomic mass is 9.98. The zero-order chi connectivity index (χ0) is 21.3. The van der Waals surface area contributed by atoms with Gasteiger partial charge < -0.3 is 15.4 Å². The number of hydrogen-bond donors (Lipinski definition) is 2. The van der Waals surface area contributed by atoms with Gasteiger partial charge in [-0.1, -0.05) is 30.3 Å². The van der Waals surface area contributed by atoms with Crippen LogP contribution in [0, 0.1) is 11.3 Å². The van der Waals surface area contributed by atoms with E-state index in [1.807, 2.05) is 41.7 Å². The fraction of sp³-hybridized carbons (Fsp3) is 0.130. The highest BCUT2D eigenvalue weighted by molar-refractivity contribution is 5.91. The number of carbonyl (C=O) groups excluding carboxylic acids is 1. The molecule has 30 heavy (non-hydrogen) atoms. The summed E-state index contributed by atoms with van der Waals surface area (Å²) < 4.78 is 29.2. The molecule has 0 aliphatic rings. The van der Waals surface area contributed by atoms with Gasteiger partial charge >= 0.3 is 6.61 Å². The monoisotopic (exact) mass is 408 g/mol. The molecule has 0 fully saturated rings. The second-order valence-electron chi connectivity index (χ2n) is 6.51. The number of nitrogens with zero attached hydrogens (tertiary/aromatic N) is 1. The third-order valence-corrected chi connectivity index (χ3v) is 4.46. The SMILES string of the molecule is N#Cc1ccc(NC(=O)C[NH2+][C@H](c2ccccc2)c2ccc(OC(F)F)cc2)cc1. The predicted octanol–water partition coefficient (Wildman–Crippen LogP) is 3.45. The van der Waals surface area contributed by atoms with E-state index in [2.05, 4.69) is 10.1 Å². The number of benzene rings is 3. The first-order valence-corrected chi connectivity index (χ1v) is 9.28. The van der Waals surface area contributed by atoms with Gasteiger partial charge in [-0.15, -0.1) is 0 Å². The van der Waals surface area contributed by atoms with Crippen molar-refractivity contribution in [1.82, 2.24) is 0 Å². The molecule has 0 saturated heterocycles. The van der Waals surface area contributed by atoms with Gasteiger partial charge in [0.1, 0.15) is 11.8 Å². The van der Waals surface area contributed by atoms with Crippen molar-refractivity contribution in [3.63, 3.8) is 0 Å². The molecule has 3 N–H and O–H groups in total. The first kappa shape index (κ1) is 21.0. The molecule has 1 atom stereocenters. The lowest BCUT2D eigenvalue weighted by Crippen LogP contribution is -2.87. The highest BCUT2D eigenvalue weighted by Crippen LogP contribution is 2.22. The van der Waals surface area contributed by atoms with Crippen LogP contribution in [0.1, 0.15) is 22.7 Å². The molecular weight excluding hydrogens is 388 g/mol. The number of hydrogen-bond acceptors (Lipinski definition) is 3. The zero-order valence-corrected chi connectivity index (χ0v) is 16.0. The molecule has 1 amide bonds. The topological polar surface area (TPSA) is 78.7 Å². The summed E-state index contributed by atoms with van der Waals surface area (Å²) in [5.41, 5.74) is 2.96. The standard InChI is InChI=1S/C23H19F2N3O2/c24-23(25)30-20-12-8-18(9-13-20)22(17-4-2-1-3-5-17)27-15-21(29)28-19-10-6-16(14-26)7-11-19/h1-13,22-23,27H,15H2,(H,28,29)/p+1/t22-/m1/s1. The molecule has 0 bridgehead atoms. The van der Waals surface area contributed by atoms with E-state index in [9.17, 15) is 13.6 Å². The molecule has 0 aromatic heterocycles. The van der Waals surface area contributed by atoms with E-state index in [0.717, 1.165) is 11.1 Å². The van der Waals surface area contributed by atoms with Crippen LogP contribution in [0.25, 0.3) is 0 Å². The summed E-state index contributed by atoms with van der Waals surface area (Å²) in [6.45, 7) is -2.73. The summed E-state index contributed by atoms with van der Waals surface area (Å²) in [7, 11) is 0. The van der Waals surface area contributed by atoms with E-state index in [1.165, 1.54) is 12.1 Å². The quantitative estimate of drug-likeness (QED) is 0.599. The summed E-state index contributed by atoms with van der Waals surface area (Å²) in [4.78, 5) is 12.4. The van der Waals surface area contributed by atoms with E-state index in [4.69, 9.17) is 5.26 Å². The van der Waals surface area contributed by atoms with Gasteiger partial charge in [-0.05, 0) is 48.5 Å². The van der Waals surface area contributed by atoms with Crippen molar-refractivity contribution in [3.8, 4) is 11.8 Å². The molecule has 0 heterocycles. The van der Waals surface area contributed by atoms with E-state index >= 15 is 0 Å². The largest absolute Gasteiger partial charge is 0.435 e. The first-order chi connectivity index (χ1) is 14.5. The normalized spacial score (nSPS) is 11.5. The number of nitrogens with one attached hydrogen (secondary N) is 1. The summed E-state index contributed by atoms with van der Waals surface area (Å²) in [6.07, 6.45) is 0. The van der Waals surface area contributed by atoms with Crippen molar-refractivity contribution < 1.29 is 23.6 Å². The van der Waals surface area contributed by atoms with Crippen LogP contribution in [0.2, 0.25) is 0 Å². The van der Waals surface area contributed by atoms with Gasteiger partial charge in [-0.25, -0.2) is 0 Å². The Morgan fingerprint density at radius 1 is 0.967 bits per heavy atom. The third-order valence-electron chi connectivity index (χ3n) is 4.46. The average Bonchev–Trinajstić information content (AvgIpc) is 2.76. The fourth-order valence-electron chi connectivity index (χ4n) is 3.05. The van der Waals surface area contributed by atoms with Crippen molar-refractivity contribution in [3.05, 3.63) is 95.6 Å². The van der Waals surface area contributed by atoms with Crippen molar-refractivity contribution in [2.75, 3.05) is 11.9 Å². The van der Waals surface area contributed by atoms with Gasteiger partial charge in [0.05, 0.1) is 11.6 Å². The Labute approximate surface area is 172 Å². The second kappa shape index (κ2) is 10.1. The number of amides is 1. The van der Waals surface area contributed by atoms with Crippen LogP contribution >= 0.6 is 0 Å². The Morgan fingerprint density at radius 2 is 1.60 bits per heavy atom. The van der Waals surface area contributed by atoms with Crippen molar-refractivity contribution in [2.45, 2.75) is 12.7 Å². The van der Waals surface area contributed by atoms with Gasteiger partial charge in [0.2, 0.25) is 0 Å². The minimum atomic E-state index is -2.88. The zero-order valence-electron chi connectivity index (χ0n) is 16.0. The van der Waals surface area contributed by atoms with E-state index in [0.29, 0.717) is 11.3 Å². The Balaban J connectivity index is 1.70. The maximum atomic E-state index is 12.4. The van der Waals surface area contributed by atoms with Crippen molar-refractivity contribution >= 4 is 11.6 Å². The molecule has 0 aliphatic heterocycles. The number of quaternary nitrogens is 1. The van der Waals surface area contributed by atoms with Crippen LogP contribution < -0.4 is 15.4 Å². The molecule has 0 saturated carbocycles. The fourth-order valence-corrected chi connectivity index (χ4v) is 3.05. The van der Waals surface area contributed by atoms with Gasteiger partial charge in [-0.3, -0.25) is 4.79 Å². The highest BCUT2D eigenvalue weighted by atomic mass is 19.3. The summed E-state index contributed by atoms with van der Waals surface area (Å²) >= 11 is 0. The van der Waals surface area contributed by atoms with E-state index in [-0.39, 0.29) is 24.2 Å². The number of nitriles is 1. The summed E-state index contributed by atoms with van der Waals surface area (Å²) in [5.74, 6) is -0.114. The van der Waals surface area contributed by atoms with Crippen molar-refractivity contribution in [2.24, 2.45) is 0 Å². The molecule has 0 unspecified atom stereocenters. The van der Waals surface area contributed by atoms with E-state index in [1.54, 1.807) is 36.4 Å². The van der Waals surface area contributed by atoms with Gasteiger partial charge in [-0.2, -0.15) is 14.0 Å². The van der Waals surface area contributed by atoms with Crippen LogP contribution in [-0.2, 0) is 4.79 Å². The second-order valence-corrected chi connectivity index (χ2v) is 6.51. The van der Waals surface area contributed by atoms with E-state index < -0.39 is 6.61 Å². The van der Waals surface area contributed by atoms with Crippen LogP contribution in [0.5, 0.6) is 5.75 Å². The number of anilines is 1. The van der Waals surface area contributed by atoms with Crippen molar-refractivity contribution in [1.29, 1.82) is 5.26 Å². The Morgan fingerprint density at radius 3 is 2.20 bits per heavy atom. The predicted molar refractivity (Wildman–Crippen MR) is 108 cm³/mol. The van der Waals surface area contributed by atoms with Crippen LogP contribution in [-0.4, -0.2) is 19.1 Å². The molecule has 0 radical (unpaired) electrons. The summed E-state index contributed by atoms with van der Waals surface area (Å²) in [6, 6.07) is 24.5. The Kier molecular flexibility index (Phi) is 7.09. The van der Waals surface area contributed by atoms with Gasteiger partial charge in [0.15, 0.2) is 6.54 Å². The molecule has 3 aromatic rings. The number of alkyl halides is 2. The number of halogens is 2. The van der Waals surface area contributed by atoms with Crippen LogP contribution in [0.3, 0.4) is 0 Å². The number of rotatable bonds is 8. The molecule has 3 rings (SSSR count). The maximum absolute atomic E-state index is 12.4. The lowest BCUT2D eigenvalue weighted by molar-refractivity contribution is -0.676. The lowest BCUT2D eigenvalue weighted by Gasteiger charge is -2.17. The molecule has 7 heteroatoms. The molecule has 152 valence electrons. The van der Waals surface area contributed by atoms with Crippen LogP contribution in [0.15, 0.2) is 78.9 Å². The number of carbonyl (C=O) groups is 1. The minimum absolute atomic E-state index is 0.0825. The smallest absolute Gasteiger partial charge is 0.387 e. The van der Waals surface area contributed by atoms with Crippen LogP contribution in [0.4, 0.5) is 14.5 Å². The molecular formula is C23H20F2N3O2+. The Bertz CT molecular complexity index is 1000. The molecule has 0 aliphatic carbocycles. The molecule has 5 nitrogen and oxygen atoms in total. The maximum Gasteiger partial charge on any atom is 0.387 e. The molecule has 0 spiro atoms. The molecule has 3 aromatic carbocycles. The number of ether oxygens (including phenoxy) is 1. The minimum Gasteiger partial charge on any atom is -0.435 e. The third kappa shape index (κ3) is 5.87. The first-order valence-electron chi connectivity index (χ1n) is 9.28. The summed E-state index contributed by atoms with van der Waals surface area (Å²) in [5, 5.41) is 13.5. The average molecular weight is 408 g/mol. The highest BCUT2D eigenvalue weighted by Gasteiger charge is 2.19.